The highest BCUT2D eigenvalue weighted by molar-refractivity contribution is 9.11. The van der Waals surface area contributed by atoms with Crippen LogP contribution in [0, 0.1) is 0 Å². The van der Waals surface area contributed by atoms with Crippen molar-refractivity contribution in [1.29, 1.82) is 0 Å². The molecule has 0 bridgehead atoms. The summed E-state index contributed by atoms with van der Waals surface area (Å²) in [5.74, 6) is 0. The molecule has 0 aliphatic heterocycles. The normalized spacial score (nSPS) is 11.9. The molecule has 0 saturated heterocycles. The maximum atomic E-state index is 12.8. The van der Waals surface area contributed by atoms with Crippen molar-refractivity contribution in [3.63, 3.8) is 0 Å². The Morgan fingerprint density at radius 1 is 1.00 bits per heavy atom. The first-order valence-corrected chi connectivity index (χ1v) is 10.3. The number of hydrogen-bond acceptors (Lipinski definition) is 3. The van der Waals surface area contributed by atoms with E-state index < -0.39 is 11.2 Å². The van der Waals surface area contributed by atoms with Crippen LogP contribution < -0.4 is 11.2 Å². The second kappa shape index (κ2) is 7.05. The van der Waals surface area contributed by atoms with Crippen LogP contribution in [0.15, 0.2) is 58.4 Å². The Hall–Kier alpha value is -1.68. The van der Waals surface area contributed by atoms with Crippen LogP contribution in [0.25, 0.3) is 21.9 Å². The van der Waals surface area contributed by atoms with Crippen molar-refractivity contribution in [2.45, 2.75) is 0 Å². The lowest BCUT2D eigenvalue weighted by molar-refractivity contribution is 0.770. The van der Waals surface area contributed by atoms with Gasteiger partial charge in [-0.2, -0.15) is 5.10 Å². The number of hydrogen-bond donors (Lipinski definition) is 2. The summed E-state index contributed by atoms with van der Waals surface area (Å²) in [4.78, 5) is 30.9. The van der Waals surface area contributed by atoms with E-state index in [9.17, 15) is 9.59 Å². The lowest BCUT2D eigenvalue weighted by atomic mass is 10.2. The highest BCUT2D eigenvalue weighted by Gasteiger charge is 2.13. The van der Waals surface area contributed by atoms with Crippen molar-refractivity contribution in [2.75, 3.05) is 0 Å². The number of fused-ring (bicyclic) bond motifs is 3. The average molecular weight is 575 g/mol. The smallest absolute Gasteiger partial charge is 0.349 e. The van der Waals surface area contributed by atoms with Crippen LogP contribution in [-0.2, 0) is 0 Å². The lowest BCUT2D eigenvalue weighted by Gasteiger charge is -2.03. The molecule has 0 fully saturated rings. The molecule has 0 atom stereocenters. The number of H-pyrrole nitrogens is 2. The number of halogens is 4. The third kappa shape index (κ3) is 3.33. The molecule has 2 N–H and O–H groups in total. The van der Waals surface area contributed by atoms with Crippen molar-refractivity contribution in [1.82, 2.24) is 14.6 Å². The third-order valence-corrected chi connectivity index (χ3v) is 5.94. The summed E-state index contributed by atoms with van der Waals surface area (Å²) in [6.07, 6.45) is 1.43. The maximum absolute atomic E-state index is 12.8. The van der Waals surface area contributed by atoms with E-state index >= 15 is 0 Å². The van der Waals surface area contributed by atoms with E-state index in [0.29, 0.717) is 27.0 Å². The van der Waals surface area contributed by atoms with Gasteiger partial charge in [-0.15, -0.1) is 4.68 Å². The zero-order valence-corrected chi connectivity index (χ0v) is 18.7. The minimum atomic E-state index is -0.644. The summed E-state index contributed by atoms with van der Waals surface area (Å²) in [6, 6.07) is 8.82. The molecule has 0 unspecified atom stereocenters. The zero-order chi connectivity index (χ0) is 19.3. The SMILES string of the molecule is O=c1[nH]c2c([nH]c3ccc(Cl)cc32)c(=O)n1/N=C/c1c(Br)cc(Br)cc1Br. The molecule has 2 aromatic heterocycles. The maximum Gasteiger partial charge on any atom is 0.350 e. The highest BCUT2D eigenvalue weighted by Crippen LogP contribution is 2.28. The van der Waals surface area contributed by atoms with Crippen LogP contribution in [0.4, 0.5) is 0 Å². The number of nitrogens with zero attached hydrogens (tertiary/aromatic N) is 2. The molecule has 0 spiro atoms. The minimum Gasteiger partial charge on any atom is -0.349 e. The van der Waals surface area contributed by atoms with E-state index in [4.69, 9.17) is 11.6 Å². The first-order valence-electron chi connectivity index (χ1n) is 7.50. The Balaban J connectivity index is 1.92. The van der Waals surface area contributed by atoms with Gasteiger partial charge in [0.15, 0.2) is 0 Å². The van der Waals surface area contributed by atoms with Crippen LogP contribution in [0.5, 0.6) is 0 Å². The predicted octanol–water partition coefficient (Wildman–Crippen LogP) is 4.99. The summed E-state index contributed by atoms with van der Waals surface area (Å²) < 4.78 is 3.14. The fourth-order valence-corrected chi connectivity index (χ4v) is 5.34. The van der Waals surface area contributed by atoms with Gasteiger partial charge in [-0.05, 0) is 30.3 Å². The number of rotatable bonds is 2. The molecule has 0 aliphatic rings. The molecule has 0 aliphatic carbocycles. The summed E-state index contributed by atoms with van der Waals surface area (Å²) in [5, 5.41) is 5.26. The number of benzene rings is 2. The Labute approximate surface area is 181 Å². The standard InChI is InChI=1S/C17H8Br3ClN4O2/c18-7-3-11(19)10(12(20)4-7)6-22-25-16(26)15-14(24-17(25)27)9-5-8(21)1-2-13(9)23-15/h1-6,23H,(H,24,27)/b22-6+. The highest BCUT2D eigenvalue weighted by atomic mass is 79.9. The average Bonchev–Trinajstić information content (AvgIpc) is 2.94. The Morgan fingerprint density at radius 3 is 2.41 bits per heavy atom. The summed E-state index contributed by atoms with van der Waals surface area (Å²) in [6.45, 7) is 0. The van der Waals surface area contributed by atoms with Gasteiger partial charge in [0.25, 0.3) is 0 Å². The quantitative estimate of drug-likeness (QED) is 0.330. The van der Waals surface area contributed by atoms with Crippen LogP contribution in [0.2, 0.25) is 5.02 Å². The van der Waals surface area contributed by atoms with Gasteiger partial charge in [-0.1, -0.05) is 59.4 Å². The van der Waals surface area contributed by atoms with E-state index in [1.807, 2.05) is 12.1 Å². The van der Waals surface area contributed by atoms with Crippen molar-refractivity contribution in [2.24, 2.45) is 5.10 Å². The summed E-state index contributed by atoms with van der Waals surface area (Å²) in [7, 11) is 0. The largest absolute Gasteiger partial charge is 0.350 e. The van der Waals surface area contributed by atoms with E-state index in [1.165, 1.54) is 6.21 Å². The van der Waals surface area contributed by atoms with Gasteiger partial charge in [-0.3, -0.25) is 4.79 Å². The molecule has 0 radical (unpaired) electrons. The molecule has 4 aromatic rings. The van der Waals surface area contributed by atoms with Gasteiger partial charge in [0.2, 0.25) is 0 Å². The predicted molar refractivity (Wildman–Crippen MR) is 118 cm³/mol. The molecule has 10 heteroatoms. The summed E-state index contributed by atoms with van der Waals surface area (Å²) >= 11 is 16.3. The molecule has 2 aromatic carbocycles. The molecule has 27 heavy (non-hydrogen) atoms. The molecule has 0 amide bonds. The van der Waals surface area contributed by atoms with Gasteiger partial charge in [0.05, 0.1) is 11.7 Å². The first-order chi connectivity index (χ1) is 12.8. The lowest BCUT2D eigenvalue weighted by Crippen LogP contribution is -2.32. The number of nitrogens with one attached hydrogen (secondary N) is 2. The molecular formula is C17H8Br3ClN4O2. The first kappa shape index (κ1) is 18.7. The second-order valence-corrected chi connectivity index (χ2v) is 8.70. The van der Waals surface area contributed by atoms with Crippen molar-refractivity contribution in [3.8, 4) is 0 Å². The van der Waals surface area contributed by atoms with E-state index in [1.54, 1.807) is 18.2 Å². The van der Waals surface area contributed by atoms with Crippen molar-refractivity contribution in [3.05, 3.63) is 75.2 Å². The van der Waals surface area contributed by atoms with Crippen molar-refractivity contribution < 1.29 is 0 Å². The Morgan fingerprint density at radius 2 is 1.70 bits per heavy atom. The second-order valence-electron chi connectivity index (χ2n) is 5.64. The monoisotopic (exact) mass is 572 g/mol. The minimum absolute atomic E-state index is 0.248. The fourth-order valence-electron chi connectivity index (χ4n) is 2.71. The topological polar surface area (TPSA) is 83.0 Å². The zero-order valence-electron chi connectivity index (χ0n) is 13.2. The van der Waals surface area contributed by atoms with Crippen LogP contribution in [0.1, 0.15) is 5.56 Å². The molecule has 4 rings (SSSR count). The third-order valence-electron chi connectivity index (χ3n) is 3.94. The Bertz CT molecular complexity index is 1350. The molecule has 0 saturated carbocycles. The molecule has 2 heterocycles. The van der Waals surface area contributed by atoms with Crippen molar-refractivity contribution >= 4 is 87.5 Å². The summed E-state index contributed by atoms with van der Waals surface area (Å²) in [5.41, 5.74) is 0.837. The molecule has 136 valence electrons. The van der Waals surface area contributed by atoms with Gasteiger partial charge in [0.1, 0.15) is 5.52 Å². The van der Waals surface area contributed by atoms with E-state index in [-0.39, 0.29) is 5.52 Å². The number of aromatic nitrogens is 3. The van der Waals surface area contributed by atoms with Crippen LogP contribution >= 0.6 is 59.4 Å². The van der Waals surface area contributed by atoms with E-state index in [2.05, 4.69) is 62.9 Å². The van der Waals surface area contributed by atoms with Gasteiger partial charge in [0, 0.05) is 34.9 Å². The number of aromatic amines is 2. The van der Waals surface area contributed by atoms with Gasteiger partial charge < -0.3 is 9.97 Å². The van der Waals surface area contributed by atoms with Gasteiger partial charge >= 0.3 is 11.2 Å². The van der Waals surface area contributed by atoms with Gasteiger partial charge in [-0.25, -0.2) is 4.79 Å². The molecular weight excluding hydrogens is 567 g/mol. The van der Waals surface area contributed by atoms with E-state index in [0.717, 1.165) is 18.1 Å². The van der Waals surface area contributed by atoms with Crippen LogP contribution in [0.3, 0.4) is 0 Å². The Kier molecular flexibility index (Phi) is 4.87. The molecule has 6 nitrogen and oxygen atoms in total. The van der Waals surface area contributed by atoms with Crippen LogP contribution in [-0.4, -0.2) is 20.9 Å². The fraction of sp³-hybridized carbons (Fsp3) is 0.